The molecule has 0 fully saturated rings. The van der Waals surface area contributed by atoms with Gasteiger partial charge in [0, 0.05) is 23.3 Å². The van der Waals surface area contributed by atoms with Crippen LogP contribution in [0.2, 0.25) is 0 Å². The number of aliphatic hydroxyl groups is 1. The molecule has 0 saturated carbocycles. The first kappa shape index (κ1) is 10.6. The Labute approximate surface area is 111 Å². The first-order valence-electron chi connectivity index (χ1n) is 6.57. The quantitative estimate of drug-likeness (QED) is 0.693. The fourth-order valence-corrected chi connectivity index (χ4v) is 3.03. The highest BCUT2D eigenvalue weighted by molar-refractivity contribution is 5.93. The normalized spacial score (nSPS) is 22.1. The molecule has 0 aromatic carbocycles. The number of nitrogens with one attached hydrogen (secondary N) is 1. The average Bonchev–Trinajstić information content (AvgIpc) is 2.81. The van der Waals surface area contributed by atoms with E-state index < -0.39 is 0 Å². The summed E-state index contributed by atoms with van der Waals surface area (Å²) in [4.78, 5) is 0. The van der Waals surface area contributed by atoms with Gasteiger partial charge in [0.2, 0.25) is 0 Å². The molecular formula is C16H14N2O. The number of H-pyrrole nitrogens is 1. The monoisotopic (exact) mass is 250 g/mol. The van der Waals surface area contributed by atoms with Crippen LogP contribution < -0.4 is 0 Å². The van der Waals surface area contributed by atoms with E-state index in [-0.39, 0.29) is 0 Å². The van der Waals surface area contributed by atoms with Gasteiger partial charge in [-0.15, -0.1) is 0 Å². The molecule has 1 heterocycles. The van der Waals surface area contributed by atoms with Crippen LogP contribution in [-0.2, 0) is 6.42 Å². The van der Waals surface area contributed by atoms with Crippen molar-refractivity contribution in [1.29, 1.82) is 0 Å². The molecule has 0 radical (unpaired) electrons. The highest BCUT2D eigenvalue weighted by atomic mass is 16.2. The zero-order valence-electron chi connectivity index (χ0n) is 10.5. The predicted octanol–water partition coefficient (Wildman–Crippen LogP) is 3.46. The number of aromatic amines is 1. The molecule has 3 nitrogen and oxygen atoms in total. The lowest BCUT2D eigenvalue weighted by molar-refractivity contribution is 0.467. The molecule has 0 aliphatic heterocycles. The van der Waals surface area contributed by atoms with Crippen LogP contribution in [0.25, 0.3) is 11.1 Å². The number of nitrogens with zero attached hydrogens (tertiary/aromatic N) is 1. The maximum atomic E-state index is 9.24. The summed E-state index contributed by atoms with van der Waals surface area (Å²) in [5, 5.41) is 16.9. The van der Waals surface area contributed by atoms with E-state index in [0.717, 1.165) is 35.4 Å². The minimum absolute atomic E-state index is 0.711. The first-order valence-corrected chi connectivity index (χ1v) is 6.57. The Kier molecular flexibility index (Phi) is 2.15. The van der Waals surface area contributed by atoms with Crippen LogP contribution in [0.1, 0.15) is 29.8 Å². The summed E-state index contributed by atoms with van der Waals surface area (Å²) in [6.45, 7) is 0. The summed E-state index contributed by atoms with van der Waals surface area (Å²) >= 11 is 0. The second kappa shape index (κ2) is 3.85. The Bertz CT molecular complexity index is 711. The van der Waals surface area contributed by atoms with E-state index in [9.17, 15) is 5.11 Å². The van der Waals surface area contributed by atoms with E-state index in [2.05, 4.69) is 34.5 Å². The van der Waals surface area contributed by atoms with Crippen molar-refractivity contribution in [1.82, 2.24) is 10.2 Å². The number of fused-ring (bicyclic) bond motifs is 1. The lowest BCUT2D eigenvalue weighted by atomic mass is 9.90. The molecule has 94 valence electrons. The summed E-state index contributed by atoms with van der Waals surface area (Å²) in [5.41, 5.74) is 7.96. The molecule has 0 spiro atoms. The van der Waals surface area contributed by atoms with Crippen LogP contribution in [0.15, 0.2) is 47.8 Å². The second-order valence-electron chi connectivity index (χ2n) is 5.12. The largest absolute Gasteiger partial charge is 0.515 e. The maximum Gasteiger partial charge on any atom is 0.100 e. The van der Waals surface area contributed by atoms with Gasteiger partial charge in [-0.25, -0.2) is 0 Å². The topological polar surface area (TPSA) is 48.9 Å². The van der Waals surface area contributed by atoms with Crippen LogP contribution >= 0.6 is 0 Å². The lowest BCUT2D eigenvalue weighted by Gasteiger charge is -2.13. The van der Waals surface area contributed by atoms with Crippen molar-refractivity contribution in [3.8, 4) is 0 Å². The Morgan fingerprint density at radius 2 is 2.21 bits per heavy atom. The second-order valence-corrected chi connectivity index (χ2v) is 5.12. The Morgan fingerprint density at radius 3 is 3.11 bits per heavy atom. The van der Waals surface area contributed by atoms with Gasteiger partial charge in [0.25, 0.3) is 0 Å². The molecule has 0 amide bonds. The molecule has 4 rings (SSSR count). The van der Waals surface area contributed by atoms with Crippen LogP contribution in [0.5, 0.6) is 0 Å². The van der Waals surface area contributed by atoms with Crippen LogP contribution in [0.3, 0.4) is 0 Å². The Balaban J connectivity index is 1.99. The van der Waals surface area contributed by atoms with Gasteiger partial charge in [-0.3, -0.25) is 5.10 Å². The van der Waals surface area contributed by atoms with Gasteiger partial charge in [0.05, 0.1) is 6.26 Å². The van der Waals surface area contributed by atoms with Crippen molar-refractivity contribution in [2.75, 3.05) is 0 Å². The maximum absolute atomic E-state index is 9.24. The minimum atomic E-state index is 0.711. The molecule has 1 aromatic rings. The van der Waals surface area contributed by atoms with E-state index >= 15 is 0 Å². The molecule has 1 aromatic heterocycles. The molecule has 0 unspecified atom stereocenters. The summed E-state index contributed by atoms with van der Waals surface area (Å²) < 4.78 is 0. The van der Waals surface area contributed by atoms with E-state index in [0.29, 0.717) is 6.42 Å². The Morgan fingerprint density at radius 1 is 1.26 bits per heavy atom. The summed E-state index contributed by atoms with van der Waals surface area (Å²) in [6.07, 6.45) is 14.8. The number of rotatable bonds is 0. The molecule has 0 bridgehead atoms. The molecule has 19 heavy (non-hydrogen) atoms. The number of aromatic nitrogens is 2. The minimum Gasteiger partial charge on any atom is -0.515 e. The molecule has 3 heteroatoms. The molecule has 2 N–H and O–H groups in total. The highest BCUT2D eigenvalue weighted by Crippen LogP contribution is 2.40. The summed E-state index contributed by atoms with van der Waals surface area (Å²) in [6, 6.07) is 0. The van der Waals surface area contributed by atoms with Crippen LogP contribution in [-0.4, -0.2) is 15.3 Å². The molecule has 3 aliphatic carbocycles. The van der Waals surface area contributed by atoms with Crippen molar-refractivity contribution < 1.29 is 5.11 Å². The molecule has 3 aliphatic rings. The van der Waals surface area contributed by atoms with Crippen molar-refractivity contribution >= 4 is 11.1 Å². The third-order valence-electron chi connectivity index (χ3n) is 3.95. The number of hydrogen-bond donors (Lipinski definition) is 2. The van der Waals surface area contributed by atoms with Crippen molar-refractivity contribution in [2.24, 2.45) is 0 Å². The smallest absolute Gasteiger partial charge is 0.100 e. The third kappa shape index (κ3) is 1.48. The first-order chi connectivity index (χ1) is 9.36. The zero-order chi connectivity index (χ0) is 12.8. The van der Waals surface area contributed by atoms with Gasteiger partial charge in [0.1, 0.15) is 5.69 Å². The number of hydrogen-bond acceptors (Lipinski definition) is 2. The summed E-state index contributed by atoms with van der Waals surface area (Å²) in [7, 11) is 0. The van der Waals surface area contributed by atoms with Gasteiger partial charge < -0.3 is 5.11 Å². The standard InChI is InChI=1S/C16H14N2O/c19-9-10-7-12-6-5-11-3-1-2-4-13(11)16-15(12)14(8-10)17-18-16/h2,4-7,9,19H,1,3,8H2,(H,17,18). The van der Waals surface area contributed by atoms with Gasteiger partial charge >= 0.3 is 0 Å². The number of aliphatic hydroxyl groups excluding tert-OH is 1. The van der Waals surface area contributed by atoms with Gasteiger partial charge in [-0.05, 0) is 35.6 Å². The van der Waals surface area contributed by atoms with E-state index in [1.165, 1.54) is 23.0 Å². The SMILES string of the molecule is OC=C1C=C2C=CC3=C(C=CCC3)c3n[nH]c(c32)C1. The van der Waals surface area contributed by atoms with Crippen molar-refractivity contribution in [2.45, 2.75) is 19.3 Å². The molecular weight excluding hydrogens is 236 g/mol. The average molecular weight is 250 g/mol. The predicted molar refractivity (Wildman–Crippen MR) is 75.4 cm³/mol. The van der Waals surface area contributed by atoms with Gasteiger partial charge in [0.15, 0.2) is 0 Å². The molecule has 0 saturated heterocycles. The van der Waals surface area contributed by atoms with Crippen molar-refractivity contribution in [3.63, 3.8) is 0 Å². The fourth-order valence-electron chi connectivity index (χ4n) is 3.03. The van der Waals surface area contributed by atoms with Crippen LogP contribution in [0, 0.1) is 0 Å². The fraction of sp³-hybridized carbons (Fsp3) is 0.188. The highest BCUT2D eigenvalue weighted by Gasteiger charge is 2.25. The van der Waals surface area contributed by atoms with Gasteiger partial charge in [-0.2, -0.15) is 5.10 Å². The Hall–Kier alpha value is -2.29. The van der Waals surface area contributed by atoms with Crippen LogP contribution in [0.4, 0.5) is 0 Å². The number of allylic oxidation sites excluding steroid dienone is 9. The van der Waals surface area contributed by atoms with E-state index in [4.69, 9.17) is 0 Å². The van der Waals surface area contributed by atoms with Gasteiger partial charge in [-0.1, -0.05) is 24.3 Å². The van der Waals surface area contributed by atoms with Crippen molar-refractivity contribution in [3.05, 3.63) is 64.7 Å². The molecule has 0 atom stereocenters. The lowest BCUT2D eigenvalue weighted by Crippen LogP contribution is -2.01. The zero-order valence-corrected chi connectivity index (χ0v) is 10.5. The van der Waals surface area contributed by atoms with E-state index in [1.54, 1.807) is 0 Å². The van der Waals surface area contributed by atoms with E-state index in [1.807, 2.05) is 6.08 Å². The summed E-state index contributed by atoms with van der Waals surface area (Å²) in [5.74, 6) is 0. The third-order valence-corrected chi connectivity index (χ3v) is 3.95.